The standard InChI is InChI=1S/C24H19N3O3/c28-22-15-21(17-9-3-1-4-10-17)27(18-11-5-2-6-12-18)26(22)16-25-23(29)19-13-7-8-14-20(19)24(25)30/h1-14,21H,15-16H2. The van der Waals surface area contributed by atoms with Crippen molar-refractivity contribution in [1.29, 1.82) is 0 Å². The molecule has 3 aromatic rings. The third kappa shape index (κ3) is 2.85. The summed E-state index contributed by atoms with van der Waals surface area (Å²) in [5.41, 5.74) is 2.58. The molecule has 1 saturated heterocycles. The summed E-state index contributed by atoms with van der Waals surface area (Å²) in [6.07, 6.45) is 0.266. The van der Waals surface area contributed by atoms with E-state index in [1.54, 1.807) is 24.3 Å². The molecule has 2 aliphatic rings. The van der Waals surface area contributed by atoms with Crippen molar-refractivity contribution in [3.63, 3.8) is 0 Å². The van der Waals surface area contributed by atoms with E-state index in [1.165, 1.54) is 5.01 Å². The van der Waals surface area contributed by atoms with Crippen LogP contribution in [-0.4, -0.2) is 34.3 Å². The van der Waals surface area contributed by atoms with Gasteiger partial charge in [0.2, 0.25) is 5.91 Å². The normalized spacial score (nSPS) is 18.3. The van der Waals surface area contributed by atoms with E-state index in [0.717, 1.165) is 16.2 Å². The Bertz CT molecular complexity index is 1100. The number of fused-ring (bicyclic) bond motifs is 1. The van der Waals surface area contributed by atoms with Gasteiger partial charge in [0.1, 0.15) is 6.67 Å². The predicted octanol–water partition coefficient (Wildman–Crippen LogP) is 3.64. The van der Waals surface area contributed by atoms with E-state index in [2.05, 4.69) is 0 Å². The Balaban J connectivity index is 1.51. The van der Waals surface area contributed by atoms with E-state index in [9.17, 15) is 14.4 Å². The predicted molar refractivity (Wildman–Crippen MR) is 111 cm³/mol. The number of carbonyl (C=O) groups is 3. The van der Waals surface area contributed by atoms with Crippen LogP contribution in [0.2, 0.25) is 0 Å². The topological polar surface area (TPSA) is 60.9 Å². The lowest BCUT2D eigenvalue weighted by molar-refractivity contribution is -0.129. The second-order valence-electron chi connectivity index (χ2n) is 7.33. The van der Waals surface area contributed by atoms with Gasteiger partial charge in [-0.05, 0) is 29.8 Å². The Kier molecular flexibility index (Phi) is 4.32. The van der Waals surface area contributed by atoms with Crippen LogP contribution in [0.25, 0.3) is 0 Å². The molecule has 2 heterocycles. The molecule has 3 amide bonds. The number of imide groups is 1. The van der Waals surface area contributed by atoms with Gasteiger partial charge in [-0.1, -0.05) is 60.7 Å². The molecule has 0 radical (unpaired) electrons. The fourth-order valence-corrected chi connectivity index (χ4v) is 4.13. The highest BCUT2D eigenvalue weighted by atomic mass is 16.2. The van der Waals surface area contributed by atoms with Crippen LogP contribution in [0.3, 0.4) is 0 Å². The summed E-state index contributed by atoms with van der Waals surface area (Å²) in [4.78, 5) is 39.9. The number of rotatable bonds is 4. The first-order valence-electron chi connectivity index (χ1n) is 9.80. The van der Waals surface area contributed by atoms with E-state index in [4.69, 9.17) is 0 Å². The molecule has 0 saturated carbocycles. The summed E-state index contributed by atoms with van der Waals surface area (Å²) in [5, 5.41) is 3.40. The molecule has 1 atom stereocenters. The molecule has 30 heavy (non-hydrogen) atoms. The molecule has 6 nitrogen and oxygen atoms in total. The first-order chi connectivity index (χ1) is 14.6. The minimum Gasteiger partial charge on any atom is -0.273 e. The van der Waals surface area contributed by atoms with Crippen LogP contribution in [0.1, 0.15) is 38.7 Å². The second-order valence-corrected chi connectivity index (χ2v) is 7.33. The van der Waals surface area contributed by atoms with Crippen LogP contribution in [0.4, 0.5) is 5.69 Å². The number of hydrogen-bond donors (Lipinski definition) is 0. The number of hydrazine groups is 1. The summed E-state index contributed by atoms with van der Waals surface area (Å²) in [6, 6.07) is 25.9. The van der Waals surface area contributed by atoms with Gasteiger partial charge in [0, 0.05) is 0 Å². The van der Waals surface area contributed by atoms with Crippen LogP contribution in [0, 0.1) is 0 Å². The first kappa shape index (κ1) is 18.1. The first-order valence-corrected chi connectivity index (χ1v) is 9.80. The lowest BCUT2D eigenvalue weighted by atomic mass is 10.0. The molecule has 0 bridgehead atoms. The molecule has 3 aromatic carbocycles. The van der Waals surface area contributed by atoms with Crippen molar-refractivity contribution < 1.29 is 14.4 Å². The van der Waals surface area contributed by atoms with E-state index < -0.39 is 0 Å². The van der Waals surface area contributed by atoms with Crippen molar-refractivity contribution in [2.24, 2.45) is 0 Å². The Morgan fingerprint density at radius 2 is 1.23 bits per heavy atom. The lowest BCUT2D eigenvalue weighted by Gasteiger charge is -2.35. The highest BCUT2D eigenvalue weighted by Gasteiger charge is 2.43. The minimum atomic E-state index is -0.375. The Labute approximate surface area is 173 Å². The van der Waals surface area contributed by atoms with Crippen molar-refractivity contribution in [3.8, 4) is 0 Å². The molecule has 0 spiro atoms. The van der Waals surface area contributed by atoms with Crippen molar-refractivity contribution in [2.75, 3.05) is 11.7 Å². The number of para-hydroxylation sites is 1. The van der Waals surface area contributed by atoms with Gasteiger partial charge in [-0.3, -0.25) is 24.3 Å². The third-order valence-corrected chi connectivity index (χ3v) is 5.57. The van der Waals surface area contributed by atoms with Gasteiger partial charge in [-0.15, -0.1) is 0 Å². The summed E-state index contributed by atoms with van der Waals surface area (Å²) in [7, 11) is 0. The maximum Gasteiger partial charge on any atom is 0.263 e. The van der Waals surface area contributed by atoms with Crippen LogP contribution in [-0.2, 0) is 4.79 Å². The zero-order valence-corrected chi connectivity index (χ0v) is 16.1. The monoisotopic (exact) mass is 397 g/mol. The third-order valence-electron chi connectivity index (χ3n) is 5.57. The maximum absolute atomic E-state index is 13.1. The highest BCUT2D eigenvalue weighted by Crippen LogP contribution is 2.38. The molecular weight excluding hydrogens is 378 g/mol. The highest BCUT2D eigenvalue weighted by molar-refractivity contribution is 6.21. The molecular formula is C24H19N3O3. The minimum absolute atomic E-state index is 0.122. The fraction of sp³-hybridized carbons (Fsp3) is 0.125. The molecule has 148 valence electrons. The van der Waals surface area contributed by atoms with Crippen LogP contribution >= 0.6 is 0 Å². The average Bonchev–Trinajstić information content (AvgIpc) is 3.25. The van der Waals surface area contributed by atoms with Gasteiger partial charge in [-0.2, -0.15) is 0 Å². The molecule has 0 aliphatic carbocycles. The molecule has 0 aromatic heterocycles. The number of benzene rings is 3. The van der Waals surface area contributed by atoms with Gasteiger partial charge in [0.15, 0.2) is 0 Å². The van der Waals surface area contributed by atoms with Crippen molar-refractivity contribution in [1.82, 2.24) is 9.91 Å². The molecule has 6 heteroatoms. The van der Waals surface area contributed by atoms with Gasteiger partial charge < -0.3 is 0 Å². The van der Waals surface area contributed by atoms with Crippen molar-refractivity contribution >= 4 is 23.4 Å². The molecule has 2 aliphatic heterocycles. The summed E-state index contributed by atoms with van der Waals surface area (Å²) in [5.74, 6) is -0.886. The Morgan fingerprint density at radius 3 is 1.83 bits per heavy atom. The smallest absolute Gasteiger partial charge is 0.263 e. The van der Waals surface area contributed by atoms with E-state index in [-0.39, 0.29) is 36.9 Å². The number of amides is 3. The summed E-state index contributed by atoms with van der Waals surface area (Å²) >= 11 is 0. The van der Waals surface area contributed by atoms with E-state index in [0.29, 0.717) is 11.1 Å². The van der Waals surface area contributed by atoms with Crippen LogP contribution < -0.4 is 5.01 Å². The molecule has 5 rings (SSSR count). The zero-order chi connectivity index (χ0) is 20.7. The van der Waals surface area contributed by atoms with Gasteiger partial charge in [-0.25, -0.2) is 5.01 Å². The number of hydrogen-bond acceptors (Lipinski definition) is 4. The van der Waals surface area contributed by atoms with Crippen molar-refractivity contribution in [2.45, 2.75) is 12.5 Å². The second kappa shape index (κ2) is 7.15. The van der Waals surface area contributed by atoms with E-state index in [1.807, 2.05) is 65.7 Å². The van der Waals surface area contributed by atoms with Crippen LogP contribution in [0.15, 0.2) is 84.9 Å². The largest absolute Gasteiger partial charge is 0.273 e. The van der Waals surface area contributed by atoms with Crippen molar-refractivity contribution in [3.05, 3.63) is 102 Å². The zero-order valence-electron chi connectivity index (χ0n) is 16.1. The van der Waals surface area contributed by atoms with E-state index >= 15 is 0 Å². The van der Waals surface area contributed by atoms with Gasteiger partial charge >= 0.3 is 0 Å². The Morgan fingerprint density at radius 1 is 0.700 bits per heavy atom. The SMILES string of the molecule is O=C1c2ccccc2C(=O)N1CN1C(=O)CC(c2ccccc2)N1c1ccccc1. The number of anilines is 1. The lowest BCUT2D eigenvalue weighted by Crippen LogP contribution is -2.48. The summed E-state index contributed by atoms with van der Waals surface area (Å²) < 4.78 is 0. The summed E-state index contributed by atoms with van der Waals surface area (Å²) in [6.45, 7) is -0.122. The number of carbonyl (C=O) groups excluding carboxylic acids is 3. The molecule has 1 unspecified atom stereocenters. The molecule has 0 N–H and O–H groups in total. The molecule has 1 fully saturated rings. The fourth-order valence-electron chi connectivity index (χ4n) is 4.13. The van der Waals surface area contributed by atoms with Crippen LogP contribution in [0.5, 0.6) is 0 Å². The van der Waals surface area contributed by atoms with Gasteiger partial charge in [0.25, 0.3) is 11.8 Å². The van der Waals surface area contributed by atoms with Gasteiger partial charge in [0.05, 0.1) is 29.3 Å². The Hall–Kier alpha value is -3.93. The number of nitrogens with zero attached hydrogens (tertiary/aromatic N) is 3. The maximum atomic E-state index is 13.1. The quantitative estimate of drug-likeness (QED) is 0.631. The average molecular weight is 397 g/mol.